The predicted molar refractivity (Wildman–Crippen MR) is 115 cm³/mol. The van der Waals surface area contributed by atoms with Crippen LogP contribution in [-0.2, 0) is 4.74 Å². The van der Waals surface area contributed by atoms with Crippen LogP contribution < -0.4 is 14.8 Å². The number of amides is 1. The molecule has 0 unspecified atom stereocenters. The van der Waals surface area contributed by atoms with Crippen molar-refractivity contribution >= 4 is 22.8 Å². The minimum atomic E-state index is -0.539. The van der Waals surface area contributed by atoms with Gasteiger partial charge in [0, 0.05) is 24.6 Å². The maximum absolute atomic E-state index is 12.0. The second-order valence-corrected chi connectivity index (χ2v) is 6.48. The molecule has 0 saturated carbocycles. The van der Waals surface area contributed by atoms with E-state index in [0.717, 1.165) is 22.5 Å². The summed E-state index contributed by atoms with van der Waals surface area (Å²) >= 11 is 0. The van der Waals surface area contributed by atoms with Crippen molar-refractivity contribution in [2.24, 2.45) is 0 Å². The second kappa shape index (κ2) is 9.11. The molecule has 0 saturated heterocycles. The fourth-order valence-corrected chi connectivity index (χ4v) is 2.98. The van der Waals surface area contributed by atoms with Crippen molar-refractivity contribution < 1.29 is 19.0 Å². The summed E-state index contributed by atoms with van der Waals surface area (Å²) in [5.41, 5.74) is 3.35. The molecule has 1 heterocycles. The minimum absolute atomic E-state index is 0.449. The Labute approximate surface area is 173 Å². The number of ether oxygens (including phenoxy) is 3. The number of nitrogens with one attached hydrogen (secondary N) is 1. The SMILES string of the molecule is COCCOc1ccc2c(c1)ncn2-c1ccc(OC(=O)Nc2ccccc2)cc1. The molecule has 4 rings (SSSR count). The predicted octanol–water partition coefficient (Wildman–Crippen LogP) is 4.66. The van der Waals surface area contributed by atoms with E-state index in [1.54, 1.807) is 37.7 Å². The molecule has 3 aromatic carbocycles. The standard InChI is InChI=1S/C23H21N3O4/c1-28-13-14-29-20-11-12-22-21(15-20)24-16-26(22)18-7-9-19(10-8-18)30-23(27)25-17-5-3-2-4-6-17/h2-12,15-16H,13-14H2,1H3,(H,25,27). The highest BCUT2D eigenvalue weighted by Gasteiger charge is 2.08. The molecule has 0 radical (unpaired) electrons. The van der Waals surface area contributed by atoms with E-state index in [0.29, 0.717) is 24.7 Å². The van der Waals surface area contributed by atoms with Gasteiger partial charge >= 0.3 is 6.09 Å². The van der Waals surface area contributed by atoms with Crippen LogP contribution in [0.1, 0.15) is 0 Å². The van der Waals surface area contributed by atoms with Gasteiger partial charge in [-0.1, -0.05) is 18.2 Å². The zero-order chi connectivity index (χ0) is 20.8. The van der Waals surface area contributed by atoms with Crippen LogP contribution in [0.3, 0.4) is 0 Å². The van der Waals surface area contributed by atoms with Crippen molar-refractivity contribution in [2.75, 3.05) is 25.6 Å². The van der Waals surface area contributed by atoms with E-state index < -0.39 is 6.09 Å². The van der Waals surface area contributed by atoms with Crippen molar-refractivity contribution in [2.45, 2.75) is 0 Å². The zero-order valence-corrected chi connectivity index (χ0v) is 16.4. The van der Waals surface area contributed by atoms with Gasteiger partial charge in [0.15, 0.2) is 0 Å². The highest BCUT2D eigenvalue weighted by atomic mass is 16.6. The number of nitrogens with zero attached hydrogens (tertiary/aromatic N) is 2. The normalized spacial score (nSPS) is 10.7. The number of carbonyl (C=O) groups is 1. The Hall–Kier alpha value is -3.84. The lowest BCUT2D eigenvalue weighted by Gasteiger charge is -2.09. The highest BCUT2D eigenvalue weighted by molar-refractivity contribution is 5.86. The summed E-state index contributed by atoms with van der Waals surface area (Å²) in [6.45, 7) is 1.02. The van der Waals surface area contributed by atoms with Gasteiger partial charge in [0.2, 0.25) is 0 Å². The average Bonchev–Trinajstić information content (AvgIpc) is 3.18. The van der Waals surface area contributed by atoms with E-state index in [9.17, 15) is 4.79 Å². The molecule has 1 amide bonds. The average molecular weight is 403 g/mol. The molecule has 1 aromatic heterocycles. The number of imidazole rings is 1. The molecular weight excluding hydrogens is 382 g/mol. The van der Waals surface area contributed by atoms with Crippen LogP contribution in [0.25, 0.3) is 16.7 Å². The van der Waals surface area contributed by atoms with Crippen LogP contribution >= 0.6 is 0 Å². The van der Waals surface area contributed by atoms with Crippen LogP contribution in [0.4, 0.5) is 10.5 Å². The first-order valence-corrected chi connectivity index (χ1v) is 9.46. The largest absolute Gasteiger partial charge is 0.491 e. The number of para-hydroxylation sites is 1. The van der Waals surface area contributed by atoms with Gasteiger partial charge in [-0.2, -0.15) is 0 Å². The lowest BCUT2D eigenvalue weighted by atomic mass is 10.2. The molecule has 0 aliphatic heterocycles. The van der Waals surface area contributed by atoms with Gasteiger partial charge in [-0.05, 0) is 48.5 Å². The molecule has 152 valence electrons. The Balaban J connectivity index is 1.44. The molecule has 0 bridgehead atoms. The Bertz CT molecular complexity index is 1120. The van der Waals surface area contributed by atoms with Gasteiger partial charge < -0.3 is 14.2 Å². The van der Waals surface area contributed by atoms with Gasteiger partial charge in [0.05, 0.1) is 17.6 Å². The third-order valence-corrected chi connectivity index (χ3v) is 4.42. The number of hydrogen-bond acceptors (Lipinski definition) is 5. The summed E-state index contributed by atoms with van der Waals surface area (Å²) in [6, 6.07) is 22.1. The molecule has 0 aliphatic rings. The fraction of sp³-hybridized carbons (Fsp3) is 0.130. The van der Waals surface area contributed by atoms with Gasteiger partial charge in [0.1, 0.15) is 24.4 Å². The number of aromatic nitrogens is 2. The van der Waals surface area contributed by atoms with E-state index in [-0.39, 0.29) is 0 Å². The van der Waals surface area contributed by atoms with Crippen LogP contribution in [0.15, 0.2) is 79.1 Å². The number of methoxy groups -OCH3 is 1. The molecule has 0 spiro atoms. The molecule has 4 aromatic rings. The Morgan fingerprint density at radius 1 is 0.967 bits per heavy atom. The van der Waals surface area contributed by atoms with E-state index in [2.05, 4.69) is 10.3 Å². The van der Waals surface area contributed by atoms with E-state index in [1.165, 1.54) is 0 Å². The van der Waals surface area contributed by atoms with E-state index >= 15 is 0 Å². The van der Waals surface area contributed by atoms with Crippen molar-refractivity contribution in [1.29, 1.82) is 0 Å². The third kappa shape index (κ3) is 4.59. The molecule has 7 nitrogen and oxygen atoms in total. The van der Waals surface area contributed by atoms with Crippen LogP contribution in [0.5, 0.6) is 11.5 Å². The first-order valence-electron chi connectivity index (χ1n) is 9.46. The molecular formula is C23H21N3O4. The van der Waals surface area contributed by atoms with Crippen molar-refractivity contribution in [1.82, 2.24) is 9.55 Å². The van der Waals surface area contributed by atoms with Crippen LogP contribution in [0, 0.1) is 0 Å². The number of benzene rings is 3. The van der Waals surface area contributed by atoms with Gasteiger partial charge in [-0.15, -0.1) is 0 Å². The maximum atomic E-state index is 12.0. The number of anilines is 1. The molecule has 0 atom stereocenters. The Morgan fingerprint density at radius 3 is 2.50 bits per heavy atom. The quantitative estimate of drug-likeness (QED) is 0.454. The lowest BCUT2D eigenvalue weighted by molar-refractivity contribution is 0.146. The third-order valence-electron chi connectivity index (χ3n) is 4.42. The topological polar surface area (TPSA) is 74.6 Å². The smallest absolute Gasteiger partial charge is 0.417 e. The Kier molecular flexibility index (Phi) is 5.91. The van der Waals surface area contributed by atoms with Crippen molar-refractivity contribution in [3.8, 4) is 17.2 Å². The summed E-state index contributed by atoms with van der Waals surface area (Å²) in [6.07, 6.45) is 1.21. The summed E-state index contributed by atoms with van der Waals surface area (Å²) in [5, 5.41) is 2.68. The minimum Gasteiger partial charge on any atom is -0.491 e. The first-order chi connectivity index (χ1) is 14.7. The monoisotopic (exact) mass is 403 g/mol. The molecule has 30 heavy (non-hydrogen) atoms. The number of rotatable bonds is 7. The summed E-state index contributed by atoms with van der Waals surface area (Å²) < 4.78 is 17.9. The van der Waals surface area contributed by atoms with Gasteiger partial charge in [-0.3, -0.25) is 9.88 Å². The molecule has 0 fully saturated rings. The highest BCUT2D eigenvalue weighted by Crippen LogP contribution is 2.24. The van der Waals surface area contributed by atoms with E-state index in [1.807, 2.05) is 53.1 Å². The Morgan fingerprint density at radius 2 is 1.73 bits per heavy atom. The molecule has 7 heteroatoms. The van der Waals surface area contributed by atoms with Gasteiger partial charge in [-0.25, -0.2) is 9.78 Å². The lowest BCUT2D eigenvalue weighted by Crippen LogP contribution is -2.16. The van der Waals surface area contributed by atoms with Crippen molar-refractivity contribution in [3.05, 3.63) is 79.1 Å². The van der Waals surface area contributed by atoms with Crippen molar-refractivity contribution in [3.63, 3.8) is 0 Å². The van der Waals surface area contributed by atoms with Gasteiger partial charge in [0.25, 0.3) is 0 Å². The second-order valence-electron chi connectivity index (χ2n) is 6.48. The number of carbonyl (C=O) groups excluding carboxylic acids is 1. The number of hydrogen-bond donors (Lipinski definition) is 1. The summed E-state index contributed by atoms with van der Waals surface area (Å²) in [4.78, 5) is 16.5. The molecule has 0 aliphatic carbocycles. The first kappa shape index (κ1) is 19.5. The summed E-state index contributed by atoms with van der Waals surface area (Å²) in [7, 11) is 1.64. The van der Waals surface area contributed by atoms with E-state index in [4.69, 9.17) is 14.2 Å². The number of fused-ring (bicyclic) bond motifs is 1. The van der Waals surface area contributed by atoms with Crippen LogP contribution in [-0.4, -0.2) is 36.0 Å². The maximum Gasteiger partial charge on any atom is 0.417 e. The summed E-state index contributed by atoms with van der Waals surface area (Å²) in [5.74, 6) is 1.20. The van der Waals surface area contributed by atoms with Crippen LogP contribution in [0.2, 0.25) is 0 Å². The molecule has 1 N–H and O–H groups in total. The zero-order valence-electron chi connectivity index (χ0n) is 16.4. The fourth-order valence-electron chi connectivity index (χ4n) is 2.98.